The van der Waals surface area contributed by atoms with Gasteiger partial charge in [0.15, 0.2) is 0 Å². The monoisotopic (exact) mass is 229 g/mol. The summed E-state index contributed by atoms with van der Waals surface area (Å²) in [5.74, 6) is 1.70. The highest BCUT2D eigenvalue weighted by Crippen LogP contribution is 2.23. The lowest BCUT2D eigenvalue weighted by Gasteiger charge is -2.09. The van der Waals surface area contributed by atoms with Crippen molar-refractivity contribution in [3.05, 3.63) is 53.9 Å². The van der Waals surface area contributed by atoms with Crippen LogP contribution in [-0.4, -0.2) is 12.1 Å². The Hall–Kier alpha value is -2.03. The molecular formula is C14H15NO2. The van der Waals surface area contributed by atoms with Crippen LogP contribution in [0, 0.1) is 6.92 Å². The van der Waals surface area contributed by atoms with Gasteiger partial charge in [0.2, 0.25) is 0 Å². The first-order chi connectivity index (χ1) is 8.29. The van der Waals surface area contributed by atoms with Crippen molar-refractivity contribution in [2.24, 2.45) is 0 Å². The highest BCUT2D eigenvalue weighted by Gasteiger charge is 2.02. The van der Waals surface area contributed by atoms with Crippen LogP contribution in [0.1, 0.15) is 11.3 Å². The van der Waals surface area contributed by atoms with Gasteiger partial charge in [0, 0.05) is 6.20 Å². The first kappa shape index (κ1) is 11.5. The zero-order valence-corrected chi connectivity index (χ0v) is 10.0. The van der Waals surface area contributed by atoms with E-state index in [0.29, 0.717) is 6.61 Å². The van der Waals surface area contributed by atoms with Crippen LogP contribution in [0.5, 0.6) is 11.5 Å². The topological polar surface area (TPSA) is 31.4 Å². The van der Waals surface area contributed by atoms with Gasteiger partial charge in [0.1, 0.15) is 18.1 Å². The zero-order valence-electron chi connectivity index (χ0n) is 10.0. The molecule has 0 radical (unpaired) electrons. The van der Waals surface area contributed by atoms with E-state index in [9.17, 15) is 0 Å². The Kier molecular flexibility index (Phi) is 3.60. The highest BCUT2D eigenvalue weighted by molar-refractivity contribution is 5.39. The molecule has 88 valence electrons. The summed E-state index contributed by atoms with van der Waals surface area (Å²) in [6.07, 6.45) is 1.76. The molecule has 2 aromatic rings. The minimum atomic E-state index is 0.480. The van der Waals surface area contributed by atoms with Crippen LogP contribution in [0.4, 0.5) is 0 Å². The normalized spacial score (nSPS) is 10.0. The summed E-state index contributed by atoms with van der Waals surface area (Å²) in [6.45, 7) is 2.48. The predicted molar refractivity (Wildman–Crippen MR) is 66.3 cm³/mol. The molecule has 2 rings (SSSR count). The van der Waals surface area contributed by atoms with Crippen molar-refractivity contribution in [1.29, 1.82) is 0 Å². The largest absolute Gasteiger partial charge is 0.497 e. The maximum atomic E-state index is 5.70. The number of pyridine rings is 1. The molecule has 0 saturated carbocycles. The molecule has 0 bridgehead atoms. The molecule has 0 fully saturated rings. The average Bonchev–Trinajstić information content (AvgIpc) is 2.38. The van der Waals surface area contributed by atoms with Gasteiger partial charge in [-0.25, -0.2) is 0 Å². The van der Waals surface area contributed by atoms with Gasteiger partial charge >= 0.3 is 0 Å². The van der Waals surface area contributed by atoms with Gasteiger partial charge in [0.05, 0.1) is 12.8 Å². The Morgan fingerprint density at radius 1 is 1.18 bits per heavy atom. The van der Waals surface area contributed by atoms with Gasteiger partial charge in [-0.05, 0) is 42.8 Å². The molecule has 1 aromatic heterocycles. The minimum Gasteiger partial charge on any atom is -0.497 e. The van der Waals surface area contributed by atoms with Crippen LogP contribution in [0.15, 0.2) is 42.6 Å². The molecular weight excluding hydrogens is 214 g/mol. The van der Waals surface area contributed by atoms with E-state index in [0.717, 1.165) is 22.8 Å². The van der Waals surface area contributed by atoms with E-state index in [1.807, 2.05) is 43.3 Å². The van der Waals surface area contributed by atoms with Crippen LogP contribution < -0.4 is 9.47 Å². The molecule has 3 nitrogen and oxygen atoms in total. The smallest absolute Gasteiger partial charge is 0.130 e. The lowest BCUT2D eigenvalue weighted by molar-refractivity contribution is 0.298. The van der Waals surface area contributed by atoms with Crippen molar-refractivity contribution in [2.75, 3.05) is 7.11 Å². The maximum Gasteiger partial charge on any atom is 0.130 e. The fourth-order valence-corrected chi connectivity index (χ4v) is 1.55. The summed E-state index contributed by atoms with van der Waals surface area (Å²) in [5.41, 5.74) is 1.97. The van der Waals surface area contributed by atoms with E-state index in [1.165, 1.54) is 0 Å². The summed E-state index contributed by atoms with van der Waals surface area (Å²) in [6, 6.07) is 11.5. The molecule has 0 N–H and O–H groups in total. The third-order valence-electron chi connectivity index (χ3n) is 2.48. The van der Waals surface area contributed by atoms with Crippen LogP contribution in [0.3, 0.4) is 0 Å². The quantitative estimate of drug-likeness (QED) is 0.807. The lowest BCUT2D eigenvalue weighted by Crippen LogP contribution is -1.99. The number of benzene rings is 1. The van der Waals surface area contributed by atoms with Gasteiger partial charge in [-0.2, -0.15) is 0 Å². The Balaban J connectivity index is 2.04. The molecule has 1 aromatic carbocycles. The maximum absolute atomic E-state index is 5.70. The number of hydrogen-bond donors (Lipinski definition) is 0. The predicted octanol–water partition coefficient (Wildman–Crippen LogP) is 2.98. The summed E-state index contributed by atoms with van der Waals surface area (Å²) in [5, 5.41) is 0. The van der Waals surface area contributed by atoms with Gasteiger partial charge in [0.25, 0.3) is 0 Å². The van der Waals surface area contributed by atoms with E-state index in [1.54, 1.807) is 13.3 Å². The molecule has 3 heteroatoms. The van der Waals surface area contributed by atoms with E-state index >= 15 is 0 Å². The van der Waals surface area contributed by atoms with Crippen LogP contribution >= 0.6 is 0 Å². The summed E-state index contributed by atoms with van der Waals surface area (Å²) >= 11 is 0. The fraction of sp³-hybridized carbons (Fsp3) is 0.214. The van der Waals surface area contributed by atoms with E-state index in [-0.39, 0.29) is 0 Å². The van der Waals surface area contributed by atoms with E-state index in [4.69, 9.17) is 9.47 Å². The number of methoxy groups -OCH3 is 1. The van der Waals surface area contributed by atoms with Crippen molar-refractivity contribution in [2.45, 2.75) is 13.5 Å². The van der Waals surface area contributed by atoms with Crippen LogP contribution in [-0.2, 0) is 6.61 Å². The molecule has 0 aliphatic heterocycles. The SMILES string of the molecule is COc1ccc(OCc2ccccn2)c(C)c1. The molecule has 0 spiro atoms. The molecule has 17 heavy (non-hydrogen) atoms. The molecule has 0 unspecified atom stereocenters. The van der Waals surface area contributed by atoms with E-state index in [2.05, 4.69) is 4.98 Å². The first-order valence-electron chi connectivity index (χ1n) is 5.47. The highest BCUT2D eigenvalue weighted by atomic mass is 16.5. The van der Waals surface area contributed by atoms with Crippen LogP contribution in [0.25, 0.3) is 0 Å². The average molecular weight is 229 g/mol. The Morgan fingerprint density at radius 3 is 2.71 bits per heavy atom. The second-order valence-corrected chi connectivity index (χ2v) is 3.74. The number of ether oxygens (including phenoxy) is 2. The molecule has 0 aliphatic rings. The minimum absolute atomic E-state index is 0.480. The van der Waals surface area contributed by atoms with Gasteiger partial charge in [-0.3, -0.25) is 4.98 Å². The Labute approximate surface area is 101 Å². The molecule has 0 aliphatic carbocycles. The van der Waals surface area contributed by atoms with Crippen molar-refractivity contribution in [3.8, 4) is 11.5 Å². The van der Waals surface area contributed by atoms with E-state index < -0.39 is 0 Å². The molecule has 0 saturated heterocycles. The first-order valence-corrected chi connectivity index (χ1v) is 5.47. The van der Waals surface area contributed by atoms with Crippen LogP contribution in [0.2, 0.25) is 0 Å². The standard InChI is InChI=1S/C14H15NO2/c1-11-9-13(16-2)6-7-14(11)17-10-12-5-3-4-8-15-12/h3-9H,10H2,1-2H3. The number of aromatic nitrogens is 1. The summed E-state index contributed by atoms with van der Waals surface area (Å²) < 4.78 is 10.8. The third kappa shape index (κ3) is 2.97. The van der Waals surface area contributed by atoms with Gasteiger partial charge in [-0.1, -0.05) is 6.07 Å². The number of nitrogens with zero attached hydrogens (tertiary/aromatic N) is 1. The van der Waals surface area contributed by atoms with Crippen molar-refractivity contribution in [3.63, 3.8) is 0 Å². The molecule has 0 atom stereocenters. The second-order valence-electron chi connectivity index (χ2n) is 3.74. The second kappa shape index (κ2) is 5.34. The van der Waals surface area contributed by atoms with Crippen molar-refractivity contribution < 1.29 is 9.47 Å². The fourth-order valence-electron chi connectivity index (χ4n) is 1.55. The lowest BCUT2D eigenvalue weighted by atomic mass is 10.2. The van der Waals surface area contributed by atoms with Gasteiger partial charge < -0.3 is 9.47 Å². The van der Waals surface area contributed by atoms with Crippen molar-refractivity contribution >= 4 is 0 Å². The Morgan fingerprint density at radius 2 is 2.06 bits per heavy atom. The van der Waals surface area contributed by atoms with Crippen molar-refractivity contribution in [1.82, 2.24) is 4.98 Å². The molecule has 0 amide bonds. The van der Waals surface area contributed by atoms with Gasteiger partial charge in [-0.15, -0.1) is 0 Å². The summed E-state index contributed by atoms with van der Waals surface area (Å²) in [7, 11) is 1.66. The number of aryl methyl sites for hydroxylation is 1. The molecule has 1 heterocycles. The third-order valence-corrected chi connectivity index (χ3v) is 2.48. The number of rotatable bonds is 4. The number of hydrogen-bond acceptors (Lipinski definition) is 3. The zero-order chi connectivity index (χ0) is 12.1. The summed E-state index contributed by atoms with van der Waals surface area (Å²) in [4.78, 5) is 4.21. The Bertz CT molecular complexity index is 483.